The lowest BCUT2D eigenvalue weighted by molar-refractivity contribution is -0.139. The number of hydrogen-bond acceptors (Lipinski definition) is 4. The topological polar surface area (TPSA) is 47.9 Å². The molecule has 4 nitrogen and oxygen atoms in total. The maximum Gasteiger partial charge on any atom is 0.440 e. The maximum atomic E-state index is 12.7. The minimum atomic E-state index is -4.87. The van der Waals surface area contributed by atoms with Crippen molar-refractivity contribution in [1.29, 1.82) is 0 Å². The summed E-state index contributed by atoms with van der Waals surface area (Å²) >= 11 is 0. The van der Waals surface area contributed by atoms with Crippen LogP contribution in [0.2, 0.25) is 0 Å². The van der Waals surface area contributed by atoms with E-state index in [1.807, 2.05) is 0 Å². The number of benzene rings is 1. The van der Waals surface area contributed by atoms with Crippen molar-refractivity contribution < 1.29 is 27.4 Å². The van der Waals surface area contributed by atoms with Crippen LogP contribution in [0.15, 0.2) is 29.3 Å². The van der Waals surface area contributed by atoms with Crippen molar-refractivity contribution in [1.82, 2.24) is 0 Å². The van der Waals surface area contributed by atoms with Gasteiger partial charge in [-0.05, 0) is 31.2 Å². The first-order valence-corrected chi connectivity index (χ1v) is 5.35. The molecule has 0 fully saturated rings. The van der Waals surface area contributed by atoms with Gasteiger partial charge in [0.2, 0.25) is 5.71 Å². The van der Waals surface area contributed by atoms with Gasteiger partial charge in [-0.15, -0.1) is 0 Å². The van der Waals surface area contributed by atoms with E-state index in [0.717, 1.165) is 0 Å². The number of halogens is 3. The quantitative estimate of drug-likeness (QED) is 0.627. The number of hydrogen-bond donors (Lipinski definition) is 0. The SMILES string of the molecule is CCOC(=O)C(=Nc1ccc(OC)cc1)C(F)(F)F. The third-order valence-corrected chi connectivity index (χ3v) is 2.05. The van der Waals surface area contributed by atoms with E-state index in [1.165, 1.54) is 38.3 Å². The van der Waals surface area contributed by atoms with Crippen LogP contribution < -0.4 is 4.74 Å². The highest BCUT2D eigenvalue weighted by atomic mass is 19.4. The molecule has 1 aromatic carbocycles. The predicted molar refractivity (Wildman–Crippen MR) is 62.8 cm³/mol. The number of alkyl halides is 3. The molecule has 0 unspecified atom stereocenters. The smallest absolute Gasteiger partial charge is 0.440 e. The first-order chi connectivity index (χ1) is 8.88. The standard InChI is InChI=1S/C12H12F3NO3/c1-3-19-11(17)10(12(13,14)15)16-8-4-6-9(18-2)7-5-8/h4-7H,3H2,1-2H3. The highest BCUT2D eigenvalue weighted by Gasteiger charge is 2.42. The summed E-state index contributed by atoms with van der Waals surface area (Å²) in [6.45, 7) is 1.26. The Hall–Kier alpha value is -2.05. The maximum absolute atomic E-state index is 12.7. The largest absolute Gasteiger partial charge is 0.497 e. The molecule has 19 heavy (non-hydrogen) atoms. The van der Waals surface area contributed by atoms with E-state index in [4.69, 9.17) is 4.74 Å². The van der Waals surface area contributed by atoms with Gasteiger partial charge in [0, 0.05) is 0 Å². The van der Waals surface area contributed by atoms with E-state index in [-0.39, 0.29) is 12.3 Å². The number of carbonyl (C=O) groups excluding carboxylic acids is 1. The highest BCUT2D eigenvalue weighted by molar-refractivity contribution is 6.39. The van der Waals surface area contributed by atoms with Crippen LogP contribution >= 0.6 is 0 Å². The number of nitrogens with zero attached hydrogens (tertiary/aromatic N) is 1. The molecule has 0 aromatic heterocycles. The molecule has 0 N–H and O–H groups in total. The summed E-state index contributed by atoms with van der Waals surface area (Å²) in [4.78, 5) is 14.5. The van der Waals surface area contributed by atoms with Crippen molar-refractivity contribution in [2.45, 2.75) is 13.1 Å². The van der Waals surface area contributed by atoms with Crippen LogP contribution in [0.4, 0.5) is 18.9 Å². The van der Waals surface area contributed by atoms with E-state index in [9.17, 15) is 18.0 Å². The molecule has 0 radical (unpaired) electrons. The van der Waals surface area contributed by atoms with Gasteiger partial charge in [0.15, 0.2) is 0 Å². The van der Waals surface area contributed by atoms with Gasteiger partial charge in [-0.1, -0.05) is 0 Å². The number of ether oxygens (including phenoxy) is 2. The Morgan fingerprint density at radius 3 is 2.26 bits per heavy atom. The van der Waals surface area contributed by atoms with Gasteiger partial charge in [-0.2, -0.15) is 13.2 Å². The van der Waals surface area contributed by atoms with E-state index in [0.29, 0.717) is 5.75 Å². The van der Waals surface area contributed by atoms with Gasteiger partial charge in [-0.25, -0.2) is 9.79 Å². The normalized spacial score (nSPS) is 12.2. The molecule has 0 atom stereocenters. The molecule has 0 spiro atoms. The number of aliphatic imine (C=N–C) groups is 1. The molecule has 0 saturated heterocycles. The molecule has 0 bridgehead atoms. The van der Waals surface area contributed by atoms with Crippen LogP contribution in [0.5, 0.6) is 5.75 Å². The lowest BCUT2D eigenvalue weighted by atomic mass is 10.3. The fourth-order valence-electron chi connectivity index (χ4n) is 1.21. The molecule has 104 valence electrons. The summed E-state index contributed by atoms with van der Waals surface area (Å²) in [6, 6.07) is 5.50. The van der Waals surface area contributed by atoms with Crippen LogP contribution in [0, 0.1) is 0 Å². The van der Waals surface area contributed by atoms with Gasteiger partial charge in [-0.3, -0.25) is 0 Å². The van der Waals surface area contributed by atoms with Gasteiger partial charge < -0.3 is 9.47 Å². The number of methoxy groups -OCH3 is 1. The van der Waals surface area contributed by atoms with Gasteiger partial charge in [0.25, 0.3) is 0 Å². The molecule has 0 amide bonds. The summed E-state index contributed by atoms with van der Waals surface area (Å²) in [6.07, 6.45) is -4.87. The first-order valence-electron chi connectivity index (χ1n) is 5.35. The Kier molecular flexibility index (Phi) is 4.91. The zero-order valence-corrected chi connectivity index (χ0v) is 10.3. The van der Waals surface area contributed by atoms with E-state index in [1.54, 1.807) is 0 Å². The molecular weight excluding hydrogens is 263 g/mol. The molecule has 0 aliphatic carbocycles. The Morgan fingerprint density at radius 1 is 1.26 bits per heavy atom. The van der Waals surface area contributed by atoms with E-state index < -0.39 is 17.9 Å². The Labute approximate surface area is 107 Å². The minimum Gasteiger partial charge on any atom is -0.497 e. The van der Waals surface area contributed by atoms with Crippen molar-refractivity contribution >= 4 is 17.4 Å². The van der Waals surface area contributed by atoms with Crippen LogP contribution in [0.1, 0.15) is 6.92 Å². The third kappa shape index (κ3) is 4.27. The van der Waals surface area contributed by atoms with Gasteiger partial charge >= 0.3 is 12.1 Å². The lowest BCUT2D eigenvalue weighted by Crippen LogP contribution is -2.32. The summed E-state index contributed by atoms with van der Waals surface area (Å²) in [5, 5.41) is 0. The lowest BCUT2D eigenvalue weighted by Gasteiger charge is -2.09. The molecule has 7 heteroatoms. The monoisotopic (exact) mass is 275 g/mol. The summed E-state index contributed by atoms with van der Waals surface area (Å²) in [5.74, 6) is -1.02. The summed E-state index contributed by atoms with van der Waals surface area (Å²) in [5.41, 5.74) is -1.60. The Morgan fingerprint density at radius 2 is 1.84 bits per heavy atom. The van der Waals surface area contributed by atoms with Crippen LogP contribution in [-0.2, 0) is 9.53 Å². The molecule has 1 aromatic rings. The van der Waals surface area contributed by atoms with E-state index in [2.05, 4.69) is 9.73 Å². The van der Waals surface area contributed by atoms with Gasteiger partial charge in [0.1, 0.15) is 5.75 Å². The Bertz CT molecular complexity index is 466. The van der Waals surface area contributed by atoms with Crippen molar-refractivity contribution in [3.8, 4) is 5.75 Å². The highest BCUT2D eigenvalue weighted by Crippen LogP contribution is 2.24. The molecule has 0 saturated carbocycles. The molecule has 0 aliphatic heterocycles. The van der Waals surface area contributed by atoms with Crippen LogP contribution in [0.25, 0.3) is 0 Å². The third-order valence-electron chi connectivity index (χ3n) is 2.05. The average Bonchev–Trinajstić information content (AvgIpc) is 2.35. The zero-order valence-electron chi connectivity index (χ0n) is 10.3. The van der Waals surface area contributed by atoms with Crippen LogP contribution in [0.3, 0.4) is 0 Å². The molecule has 0 aliphatic rings. The summed E-state index contributed by atoms with van der Waals surface area (Å²) in [7, 11) is 1.43. The predicted octanol–water partition coefficient (Wildman–Crippen LogP) is 2.89. The fourth-order valence-corrected chi connectivity index (χ4v) is 1.21. The van der Waals surface area contributed by atoms with E-state index >= 15 is 0 Å². The molecule has 1 rings (SSSR count). The number of rotatable bonds is 4. The second kappa shape index (κ2) is 6.21. The second-order valence-corrected chi connectivity index (χ2v) is 3.38. The molecular formula is C12H12F3NO3. The van der Waals surface area contributed by atoms with Crippen molar-refractivity contribution in [3.63, 3.8) is 0 Å². The first kappa shape index (κ1) is 15.0. The Balaban J connectivity index is 3.08. The zero-order chi connectivity index (χ0) is 14.5. The van der Waals surface area contributed by atoms with Crippen molar-refractivity contribution in [2.24, 2.45) is 4.99 Å². The summed E-state index contributed by atoms with van der Waals surface area (Å²) < 4.78 is 47.2. The van der Waals surface area contributed by atoms with Crippen LogP contribution in [-0.4, -0.2) is 31.6 Å². The second-order valence-electron chi connectivity index (χ2n) is 3.38. The average molecular weight is 275 g/mol. The minimum absolute atomic E-state index is 0.0128. The van der Waals surface area contributed by atoms with Crippen molar-refractivity contribution in [3.05, 3.63) is 24.3 Å². The van der Waals surface area contributed by atoms with Crippen molar-refractivity contribution in [2.75, 3.05) is 13.7 Å². The molecule has 0 heterocycles. The fraction of sp³-hybridized carbons (Fsp3) is 0.333. The van der Waals surface area contributed by atoms with Gasteiger partial charge in [0.05, 0.1) is 19.4 Å². The number of carbonyl (C=O) groups is 1. The number of esters is 1.